The zero-order valence-electron chi connectivity index (χ0n) is 12.4. The smallest absolute Gasteiger partial charge is 0.0312 e. The van der Waals surface area contributed by atoms with E-state index in [2.05, 4.69) is 21.3 Å². The SMILES string of the molecule is c1cncc(CN2CCCNC(C3CCCCC3)C2)c1. The van der Waals surface area contributed by atoms with Crippen LogP contribution in [0, 0.1) is 5.92 Å². The summed E-state index contributed by atoms with van der Waals surface area (Å²) < 4.78 is 0. The minimum Gasteiger partial charge on any atom is -0.312 e. The van der Waals surface area contributed by atoms with Crippen LogP contribution in [0.2, 0.25) is 0 Å². The van der Waals surface area contributed by atoms with Gasteiger partial charge in [0.25, 0.3) is 0 Å². The molecule has 110 valence electrons. The summed E-state index contributed by atoms with van der Waals surface area (Å²) in [5, 5.41) is 3.81. The van der Waals surface area contributed by atoms with Crippen molar-refractivity contribution < 1.29 is 0 Å². The van der Waals surface area contributed by atoms with Crippen molar-refractivity contribution in [2.45, 2.75) is 51.1 Å². The summed E-state index contributed by atoms with van der Waals surface area (Å²) in [5.41, 5.74) is 1.34. The Hall–Kier alpha value is -0.930. The molecule has 20 heavy (non-hydrogen) atoms. The van der Waals surface area contributed by atoms with Crippen molar-refractivity contribution in [3.63, 3.8) is 0 Å². The first-order chi connectivity index (χ1) is 9.92. The highest BCUT2D eigenvalue weighted by molar-refractivity contribution is 5.08. The molecule has 2 aliphatic rings. The molecule has 1 aromatic rings. The second-order valence-electron chi connectivity index (χ2n) is 6.41. The van der Waals surface area contributed by atoms with Gasteiger partial charge in [0, 0.05) is 31.5 Å². The van der Waals surface area contributed by atoms with Gasteiger partial charge in [0.1, 0.15) is 0 Å². The minimum atomic E-state index is 0.703. The van der Waals surface area contributed by atoms with Gasteiger partial charge in [-0.25, -0.2) is 0 Å². The van der Waals surface area contributed by atoms with Crippen molar-refractivity contribution in [2.24, 2.45) is 5.92 Å². The third-order valence-electron chi connectivity index (χ3n) is 4.86. The van der Waals surface area contributed by atoms with Crippen molar-refractivity contribution in [3.05, 3.63) is 30.1 Å². The maximum absolute atomic E-state index is 4.24. The lowest BCUT2D eigenvalue weighted by molar-refractivity contribution is 0.201. The van der Waals surface area contributed by atoms with Crippen LogP contribution in [-0.2, 0) is 6.54 Å². The van der Waals surface area contributed by atoms with Crippen LogP contribution in [0.15, 0.2) is 24.5 Å². The highest BCUT2D eigenvalue weighted by Crippen LogP contribution is 2.27. The maximum atomic E-state index is 4.24. The van der Waals surface area contributed by atoms with Gasteiger partial charge in [0.05, 0.1) is 0 Å². The summed E-state index contributed by atoms with van der Waals surface area (Å²) >= 11 is 0. The van der Waals surface area contributed by atoms with E-state index in [-0.39, 0.29) is 0 Å². The van der Waals surface area contributed by atoms with Gasteiger partial charge in [-0.3, -0.25) is 9.88 Å². The second kappa shape index (κ2) is 7.19. The highest BCUT2D eigenvalue weighted by atomic mass is 15.2. The van der Waals surface area contributed by atoms with E-state index < -0.39 is 0 Å². The summed E-state index contributed by atoms with van der Waals surface area (Å²) in [6.45, 7) is 4.66. The number of hydrogen-bond acceptors (Lipinski definition) is 3. The molecule has 0 spiro atoms. The van der Waals surface area contributed by atoms with Gasteiger partial charge in [-0.1, -0.05) is 25.3 Å². The molecule has 0 amide bonds. The first kappa shape index (κ1) is 14.0. The minimum absolute atomic E-state index is 0.703. The van der Waals surface area contributed by atoms with Crippen molar-refractivity contribution >= 4 is 0 Å². The largest absolute Gasteiger partial charge is 0.312 e. The Bertz CT molecular complexity index is 386. The van der Waals surface area contributed by atoms with Gasteiger partial charge in [-0.05, 0) is 49.9 Å². The maximum Gasteiger partial charge on any atom is 0.0312 e. The molecule has 1 aliphatic heterocycles. The number of nitrogens with one attached hydrogen (secondary N) is 1. The number of rotatable bonds is 3. The van der Waals surface area contributed by atoms with Crippen LogP contribution in [0.1, 0.15) is 44.1 Å². The number of aromatic nitrogens is 1. The molecule has 2 heterocycles. The molecule has 1 atom stereocenters. The molecular weight excluding hydrogens is 246 g/mol. The molecule has 3 nitrogen and oxygen atoms in total. The van der Waals surface area contributed by atoms with E-state index in [0.29, 0.717) is 6.04 Å². The fraction of sp³-hybridized carbons (Fsp3) is 0.706. The molecule has 1 unspecified atom stereocenters. The predicted octanol–water partition coefficient (Wildman–Crippen LogP) is 2.83. The fourth-order valence-electron chi connectivity index (χ4n) is 3.77. The van der Waals surface area contributed by atoms with E-state index in [1.54, 1.807) is 0 Å². The quantitative estimate of drug-likeness (QED) is 0.918. The first-order valence-electron chi connectivity index (χ1n) is 8.26. The molecule has 3 rings (SSSR count). The lowest BCUT2D eigenvalue weighted by Crippen LogP contribution is -2.43. The van der Waals surface area contributed by atoms with E-state index in [9.17, 15) is 0 Å². The van der Waals surface area contributed by atoms with Gasteiger partial charge in [-0.15, -0.1) is 0 Å². The van der Waals surface area contributed by atoms with Gasteiger partial charge in [0.2, 0.25) is 0 Å². The average molecular weight is 273 g/mol. The van der Waals surface area contributed by atoms with Gasteiger partial charge >= 0.3 is 0 Å². The summed E-state index contributed by atoms with van der Waals surface area (Å²) in [6, 6.07) is 4.94. The summed E-state index contributed by atoms with van der Waals surface area (Å²) in [4.78, 5) is 6.86. The van der Waals surface area contributed by atoms with Crippen LogP contribution in [-0.4, -0.2) is 35.6 Å². The Morgan fingerprint density at radius 2 is 2.10 bits per heavy atom. The Morgan fingerprint density at radius 3 is 2.90 bits per heavy atom. The van der Waals surface area contributed by atoms with Crippen LogP contribution in [0.4, 0.5) is 0 Å². The van der Waals surface area contributed by atoms with Crippen molar-refractivity contribution in [1.29, 1.82) is 0 Å². The zero-order valence-corrected chi connectivity index (χ0v) is 12.4. The van der Waals surface area contributed by atoms with E-state index in [1.807, 2.05) is 18.5 Å². The summed E-state index contributed by atoms with van der Waals surface area (Å²) in [5.74, 6) is 0.901. The van der Waals surface area contributed by atoms with Crippen LogP contribution in [0.25, 0.3) is 0 Å². The molecule has 1 N–H and O–H groups in total. The monoisotopic (exact) mass is 273 g/mol. The average Bonchev–Trinajstić information content (AvgIpc) is 2.75. The standard InChI is InChI=1S/C17H27N3/c1-2-7-16(8-3-1)17-14-20(11-5-10-19-17)13-15-6-4-9-18-12-15/h4,6,9,12,16-17,19H,1-3,5,7-8,10-11,13-14H2. The molecule has 1 saturated carbocycles. The molecule has 1 aromatic heterocycles. The Kier molecular flexibility index (Phi) is 5.04. The zero-order chi connectivity index (χ0) is 13.6. The fourth-order valence-corrected chi connectivity index (χ4v) is 3.77. The normalized spacial score (nSPS) is 26.3. The van der Waals surface area contributed by atoms with Crippen molar-refractivity contribution in [3.8, 4) is 0 Å². The van der Waals surface area contributed by atoms with Gasteiger partial charge in [0.15, 0.2) is 0 Å². The number of pyridine rings is 1. The molecule has 3 heteroatoms. The van der Waals surface area contributed by atoms with Crippen LogP contribution in [0.5, 0.6) is 0 Å². The summed E-state index contributed by atoms with van der Waals surface area (Å²) in [6.07, 6.45) is 12.3. The molecule has 2 fully saturated rings. The van der Waals surface area contributed by atoms with E-state index >= 15 is 0 Å². The molecule has 0 radical (unpaired) electrons. The van der Waals surface area contributed by atoms with E-state index in [0.717, 1.165) is 12.5 Å². The molecule has 0 bridgehead atoms. The molecular formula is C17H27N3. The summed E-state index contributed by atoms with van der Waals surface area (Å²) in [7, 11) is 0. The lowest BCUT2D eigenvalue weighted by Gasteiger charge is -2.33. The third kappa shape index (κ3) is 3.80. The molecule has 1 aliphatic carbocycles. The van der Waals surface area contributed by atoms with Crippen molar-refractivity contribution in [2.75, 3.05) is 19.6 Å². The Balaban J connectivity index is 1.59. The van der Waals surface area contributed by atoms with Crippen LogP contribution in [0.3, 0.4) is 0 Å². The molecule has 0 aromatic carbocycles. The van der Waals surface area contributed by atoms with Crippen LogP contribution < -0.4 is 5.32 Å². The molecule has 1 saturated heterocycles. The topological polar surface area (TPSA) is 28.2 Å². The highest BCUT2D eigenvalue weighted by Gasteiger charge is 2.26. The first-order valence-corrected chi connectivity index (χ1v) is 8.26. The van der Waals surface area contributed by atoms with Gasteiger partial charge < -0.3 is 5.32 Å². The van der Waals surface area contributed by atoms with Crippen LogP contribution >= 0.6 is 0 Å². The van der Waals surface area contributed by atoms with Gasteiger partial charge in [-0.2, -0.15) is 0 Å². The number of nitrogens with zero attached hydrogens (tertiary/aromatic N) is 2. The third-order valence-corrected chi connectivity index (χ3v) is 4.86. The lowest BCUT2D eigenvalue weighted by atomic mass is 9.83. The Morgan fingerprint density at radius 1 is 1.20 bits per heavy atom. The van der Waals surface area contributed by atoms with Crippen molar-refractivity contribution in [1.82, 2.24) is 15.2 Å². The van der Waals surface area contributed by atoms with E-state index in [4.69, 9.17) is 0 Å². The van der Waals surface area contributed by atoms with E-state index in [1.165, 1.54) is 63.7 Å². The predicted molar refractivity (Wildman–Crippen MR) is 82.5 cm³/mol. The Labute approximate surface area is 122 Å². The second-order valence-corrected chi connectivity index (χ2v) is 6.41. The number of hydrogen-bond donors (Lipinski definition) is 1.